The standard InChI is InChI=1S/C12H16N2/c1-9(13-3)11-5-7-12(8-6-11)10(2)14-4/h5-8H,1-4H3. The maximum absolute atomic E-state index is 4.14. The number of benzene rings is 1. The fourth-order valence-corrected chi connectivity index (χ4v) is 1.21. The highest BCUT2D eigenvalue weighted by atomic mass is 14.7. The van der Waals surface area contributed by atoms with Crippen molar-refractivity contribution in [1.82, 2.24) is 0 Å². The van der Waals surface area contributed by atoms with E-state index in [4.69, 9.17) is 0 Å². The van der Waals surface area contributed by atoms with E-state index in [1.54, 1.807) is 0 Å². The number of hydrogen-bond acceptors (Lipinski definition) is 2. The lowest BCUT2D eigenvalue weighted by molar-refractivity contribution is 1.39. The first kappa shape index (κ1) is 10.6. The maximum Gasteiger partial charge on any atom is 0.0386 e. The van der Waals surface area contributed by atoms with Crippen LogP contribution in [0.25, 0.3) is 0 Å². The molecule has 0 saturated carbocycles. The Labute approximate surface area is 85.4 Å². The van der Waals surface area contributed by atoms with Crippen molar-refractivity contribution in [3.63, 3.8) is 0 Å². The van der Waals surface area contributed by atoms with Crippen LogP contribution in [0.1, 0.15) is 25.0 Å². The Morgan fingerprint density at radius 3 is 1.29 bits per heavy atom. The normalized spacial score (nSPS) is 13.1. The van der Waals surface area contributed by atoms with Gasteiger partial charge in [-0.25, -0.2) is 0 Å². The van der Waals surface area contributed by atoms with E-state index in [2.05, 4.69) is 34.3 Å². The lowest BCUT2D eigenvalue weighted by atomic mass is 10.1. The molecule has 0 aliphatic heterocycles. The van der Waals surface area contributed by atoms with Crippen LogP contribution >= 0.6 is 0 Å². The molecule has 1 aromatic rings. The molecule has 0 bridgehead atoms. The van der Waals surface area contributed by atoms with Crippen molar-refractivity contribution in [3.8, 4) is 0 Å². The van der Waals surface area contributed by atoms with Gasteiger partial charge in [0.15, 0.2) is 0 Å². The van der Waals surface area contributed by atoms with Crippen molar-refractivity contribution >= 4 is 11.4 Å². The molecule has 2 nitrogen and oxygen atoms in total. The zero-order chi connectivity index (χ0) is 10.6. The van der Waals surface area contributed by atoms with E-state index in [0.29, 0.717) is 0 Å². The molecule has 0 aliphatic carbocycles. The van der Waals surface area contributed by atoms with Gasteiger partial charge in [-0.15, -0.1) is 0 Å². The Morgan fingerprint density at radius 1 is 0.786 bits per heavy atom. The summed E-state index contributed by atoms with van der Waals surface area (Å²) in [5.41, 5.74) is 4.45. The molecule has 1 rings (SSSR count). The van der Waals surface area contributed by atoms with Gasteiger partial charge in [0.05, 0.1) is 0 Å². The fourth-order valence-electron chi connectivity index (χ4n) is 1.21. The molecule has 0 N–H and O–H groups in total. The third-order valence-electron chi connectivity index (χ3n) is 2.39. The highest BCUT2D eigenvalue weighted by Gasteiger charge is 1.98. The quantitative estimate of drug-likeness (QED) is 0.637. The Morgan fingerprint density at radius 2 is 1.07 bits per heavy atom. The number of nitrogens with zero attached hydrogens (tertiary/aromatic N) is 2. The van der Waals surface area contributed by atoms with Crippen LogP contribution in [0.3, 0.4) is 0 Å². The van der Waals surface area contributed by atoms with Crippen molar-refractivity contribution < 1.29 is 0 Å². The lowest BCUT2D eigenvalue weighted by Crippen LogP contribution is -1.97. The molecule has 0 fully saturated rings. The molecule has 0 radical (unpaired) electrons. The second kappa shape index (κ2) is 4.70. The molecule has 0 amide bonds. The van der Waals surface area contributed by atoms with Gasteiger partial charge in [0.25, 0.3) is 0 Å². The van der Waals surface area contributed by atoms with Crippen LogP contribution in [0, 0.1) is 0 Å². The van der Waals surface area contributed by atoms with Crippen LogP contribution in [-0.4, -0.2) is 25.5 Å². The molecule has 0 atom stereocenters. The molecule has 1 aromatic carbocycles. The first-order chi connectivity index (χ1) is 6.69. The van der Waals surface area contributed by atoms with Crippen LogP contribution in [0.15, 0.2) is 34.3 Å². The third kappa shape index (κ3) is 2.28. The Bertz CT molecular complexity index is 321. The SMILES string of the molecule is CN=C(C)c1ccc(C(C)=NC)cc1. The van der Waals surface area contributed by atoms with Crippen LogP contribution in [-0.2, 0) is 0 Å². The van der Waals surface area contributed by atoms with Crippen molar-refractivity contribution in [1.29, 1.82) is 0 Å². The molecule has 74 valence electrons. The molecule has 0 saturated heterocycles. The molecule has 0 heterocycles. The van der Waals surface area contributed by atoms with E-state index in [-0.39, 0.29) is 0 Å². The van der Waals surface area contributed by atoms with Crippen molar-refractivity contribution in [2.75, 3.05) is 14.1 Å². The topological polar surface area (TPSA) is 24.7 Å². The summed E-state index contributed by atoms with van der Waals surface area (Å²) in [5.74, 6) is 0. The minimum atomic E-state index is 1.06. The minimum Gasteiger partial charge on any atom is -0.293 e. The number of rotatable bonds is 2. The summed E-state index contributed by atoms with van der Waals surface area (Å²) < 4.78 is 0. The van der Waals surface area contributed by atoms with Gasteiger partial charge in [0.1, 0.15) is 0 Å². The highest BCUT2D eigenvalue weighted by Crippen LogP contribution is 2.06. The Hall–Kier alpha value is -1.44. The van der Waals surface area contributed by atoms with E-state index in [1.165, 1.54) is 11.1 Å². The summed E-state index contributed by atoms with van der Waals surface area (Å²) in [6.45, 7) is 4.02. The van der Waals surface area contributed by atoms with Gasteiger partial charge in [-0.2, -0.15) is 0 Å². The van der Waals surface area contributed by atoms with Crippen molar-refractivity contribution in [2.45, 2.75) is 13.8 Å². The van der Waals surface area contributed by atoms with Gasteiger partial charge in [-0.05, 0) is 25.0 Å². The van der Waals surface area contributed by atoms with Crippen LogP contribution < -0.4 is 0 Å². The molecule has 0 aromatic heterocycles. The molecule has 0 unspecified atom stereocenters. The van der Waals surface area contributed by atoms with Gasteiger partial charge < -0.3 is 0 Å². The van der Waals surface area contributed by atoms with Crippen LogP contribution in [0.4, 0.5) is 0 Å². The number of hydrogen-bond donors (Lipinski definition) is 0. The zero-order valence-corrected chi connectivity index (χ0v) is 9.20. The second-order valence-electron chi connectivity index (χ2n) is 3.20. The first-order valence-electron chi connectivity index (χ1n) is 4.66. The average Bonchev–Trinajstić information content (AvgIpc) is 2.27. The Kier molecular flexibility index (Phi) is 3.57. The molecular formula is C12H16N2. The van der Waals surface area contributed by atoms with Gasteiger partial charge in [-0.3, -0.25) is 9.98 Å². The van der Waals surface area contributed by atoms with E-state index in [0.717, 1.165) is 11.4 Å². The fraction of sp³-hybridized carbons (Fsp3) is 0.333. The van der Waals surface area contributed by atoms with E-state index in [9.17, 15) is 0 Å². The Balaban J connectivity index is 3.01. The van der Waals surface area contributed by atoms with Crippen LogP contribution in [0.2, 0.25) is 0 Å². The summed E-state index contributed by atoms with van der Waals surface area (Å²) in [4.78, 5) is 8.28. The van der Waals surface area contributed by atoms with Gasteiger partial charge in [0, 0.05) is 25.5 Å². The zero-order valence-electron chi connectivity index (χ0n) is 9.20. The van der Waals surface area contributed by atoms with Gasteiger partial charge in [0.2, 0.25) is 0 Å². The number of aliphatic imine (C=N–C) groups is 2. The molecule has 2 heteroatoms. The summed E-state index contributed by atoms with van der Waals surface area (Å²) in [6.07, 6.45) is 0. The van der Waals surface area contributed by atoms with E-state index >= 15 is 0 Å². The summed E-state index contributed by atoms with van der Waals surface area (Å²) in [6, 6.07) is 8.30. The third-order valence-corrected chi connectivity index (χ3v) is 2.39. The van der Waals surface area contributed by atoms with Gasteiger partial charge >= 0.3 is 0 Å². The summed E-state index contributed by atoms with van der Waals surface area (Å²) >= 11 is 0. The van der Waals surface area contributed by atoms with Crippen molar-refractivity contribution in [3.05, 3.63) is 35.4 Å². The highest BCUT2D eigenvalue weighted by molar-refractivity contribution is 6.01. The predicted octanol–water partition coefficient (Wildman–Crippen LogP) is 2.56. The van der Waals surface area contributed by atoms with Gasteiger partial charge in [-0.1, -0.05) is 24.3 Å². The lowest BCUT2D eigenvalue weighted by Gasteiger charge is -2.02. The first-order valence-corrected chi connectivity index (χ1v) is 4.66. The van der Waals surface area contributed by atoms with E-state index < -0.39 is 0 Å². The predicted molar refractivity (Wildman–Crippen MR) is 62.7 cm³/mol. The molecule has 0 spiro atoms. The molecular weight excluding hydrogens is 172 g/mol. The largest absolute Gasteiger partial charge is 0.293 e. The van der Waals surface area contributed by atoms with Crippen LogP contribution in [0.5, 0.6) is 0 Å². The van der Waals surface area contributed by atoms with Crippen molar-refractivity contribution in [2.24, 2.45) is 9.98 Å². The smallest absolute Gasteiger partial charge is 0.0386 e. The van der Waals surface area contributed by atoms with E-state index in [1.807, 2.05) is 27.9 Å². The summed E-state index contributed by atoms with van der Waals surface area (Å²) in [7, 11) is 3.62. The summed E-state index contributed by atoms with van der Waals surface area (Å²) in [5, 5.41) is 0. The minimum absolute atomic E-state index is 1.06. The monoisotopic (exact) mass is 188 g/mol. The maximum atomic E-state index is 4.14. The average molecular weight is 188 g/mol. The molecule has 0 aliphatic rings. The molecule has 14 heavy (non-hydrogen) atoms. The second-order valence-corrected chi connectivity index (χ2v) is 3.20.